The van der Waals surface area contributed by atoms with Crippen molar-refractivity contribution >= 4 is 23.3 Å². The molecular formula is C25H31N5O3. The summed E-state index contributed by atoms with van der Waals surface area (Å²) in [5.74, 6) is 0.633. The largest absolute Gasteiger partial charge is 0.487 e. The summed E-state index contributed by atoms with van der Waals surface area (Å²) in [7, 11) is 0. The van der Waals surface area contributed by atoms with E-state index in [1.54, 1.807) is 0 Å². The minimum atomic E-state index is -0.0864. The predicted octanol–water partition coefficient (Wildman–Crippen LogP) is 4.03. The van der Waals surface area contributed by atoms with Gasteiger partial charge < -0.3 is 24.3 Å². The van der Waals surface area contributed by atoms with E-state index in [-0.39, 0.29) is 17.9 Å². The number of rotatable bonds is 7. The van der Waals surface area contributed by atoms with E-state index >= 15 is 0 Å². The van der Waals surface area contributed by atoms with Crippen LogP contribution in [-0.4, -0.2) is 57.3 Å². The number of hydrogen-bond acceptors (Lipinski definition) is 4. The molecule has 33 heavy (non-hydrogen) atoms. The van der Waals surface area contributed by atoms with Gasteiger partial charge in [-0.05, 0) is 63.1 Å². The number of urea groups is 1. The van der Waals surface area contributed by atoms with Gasteiger partial charge in [0.25, 0.3) is 0 Å². The Kier molecular flexibility index (Phi) is 7.12. The van der Waals surface area contributed by atoms with Gasteiger partial charge in [0.2, 0.25) is 5.91 Å². The minimum Gasteiger partial charge on any atom is -0.487 e. The van der Waals surface area contributed by atoms with E-state index in [2.05, 4.69) is 10.3 Å². The van der Waals surface area contributed by atoms with Gasteiger partial charge in [-0.15, -0.1) is 0 Å². The molecular weight excluding hydrogens is 418 g/mol. The second kappa shape index (κ2) is 10.4. The summed E-state index contributed by atoms with van der Waals surface area (Å²) < 4.78 is 7.80. The summed E-state index contributed by atoms with van der Waals surface area (Å²) in [6, 6.07) is 13.3. The van der Waals surface area contributed by atoms with Crippen LogP contribution in [0.1, 0.15) is 32.4 Å². The number of aromatic nitrogens is 2. The molecule has 1 N–H and O–H groups in total. The standard InChI is InChI=1S/C25H31N5O3/c1-3-28(4-2)25(32)29-15-12-19(13-16-29)24(31)27-20-8-10-22(11-9-20)33-18-21-17-30-14-6-5-7-23(30)26-21/h5-11,14,17,19H,3-4,12-13,15-16,18H2,1-2H3,(H,27,31). The van der Waals surface area contributed by atoms with E-state index in [1.807, 2.05) is 82.9 Å². The summed E-state index contributed by atoms with van der Waals surface area (Å²) in [5, 5.41) is 3.00. The third kappa shape index (κ3) is 5.45. The van der Waals surface area contributed by atoms with Crippen LogP contribution in [0.15, 0.2) is 54.9 Å². The Hall–Kier alpha value is -3.55. The fourth-order valence-electron chi connectivity index (χ4n) is 4.12. The van der Waals surface area contributed by atoms with Crippen LogP contribution in [0, 0.1) is 5.92 Å². The SMILES string of the molecule is CCN(CC)C(=O)N1CCC(C(=O)Nc2ccc(OCc3cn4ccccc4n3)cc2)CC1. The number of nitrogens with zero attached hydrogens (tertiary/aromatic N) is 4. The number of imidazole rings is 1. The maximum atomic E-state index is 12.7. The van der Waals surface area contributed by atoms with E-state index in [0.717, 1.165) is 17.0 Å². The Morgan fingerprint density at radius 1 is 1.09 bits per heavy atom. The van der Waals surface area contributed by atoms with Gasteiger partial charge >= 0.3 is 6.03 Å². The van der Waals surface area contributed by atoms with Gasteiger partial charge in [-0.25, -0.2) is 9.78 Å². The lowest BCUT2D eigenvalue weighted by molar-refractivity contribution is -0.121. The number of piperidine rings is 1. The van der Waals surface area contributed by atoms with Crippen molar-refractivity contribution in [3.05, 3.63) is 60.6 Å². The van der Waals surface area contributed by atoms with Gasteiger partial charge in [-0.1, -0.05) is 6.07 Å². The molecule has 174 valence electrons. The zero-order valence-electron chi connectivity index (χ0n) is 19.2. The lowest BCUT2D eigenvalue weighted by Gasteiger charge is -2.34. The summed E-state index contributed by atoms with van der Waals surface area (Å²) in [5.41, 5.74) is 2.48. The zero-order chi connectivity index (χ0) is 23.2. The number of carbonyl (C=O) groups excluding carboxylic acids is 2. The van der Waals surface area contributed by atoms with Crippen LogP contribution in [0.5, 0.6) is 5.75 Å². The van der Waals surface area contributed by atoms with Crippen molar-refractivity contribution < 1.29 is 14.3 Å². The Balaban J connectivity index is 1.25. The maximum Gasteiger partial charge on any atom is 0.319 e. The molecule has 8 nitrogen and oxygen atoms in total. The number of pyridine rings is 1. The molecule has 2 aromatic heterocycles. The zero-order valence-corrected chi connectivity index (χ0v) is 19.2. The van der Waals surface area contributed by atoms with Crippen molar-refractivity contribution in [3.63, 3.8) is 0 Å². The van der Waals surface area contributed by atoms with Gasteiger partial charge in [-0.3, -0.25) is 4.79 Å². The number of carbonyl (C=O) groups is 2. The molecule has 3 aromatic rings. The van der Waals surface area contributed by atoms with Crippen LogP contribution in [0.4, 0.5) is 10.5 Å². The van der Waals surface area contributed by atoms with Gasteiger partial charge in [0.1, 0.15) is 18.0 Å². The van der Waals surface area contributed by atoms with Crippen molar-refractivity contribution in [2.24, 2.45) is 5.92 Å². The van der Waals surface area contributed by atoms with Crippen molar-refractivity contribution in [2.45, 2.75) is 33.3 Å². The lowest BCUT2D eigenvalue weighted by Crippen LogP contribution is -2.47. The summed E-state index contributed by atoms with van der Waals surface area (Å²) in [6.07, 6.45) is 5.26. The van der Waals surface area contributed by atoms with Gasteiger partial charge in [0, 0.05) is 50.2 Å². The molecule has 0 spiro atoms. The van der Waals surface area contributed by atoms with Crippen LogP contribution < -0.4 is 10.1 Å². The smallest absolute Gasteiger partial charge is 0.319 e. The first-order valence-corrected chi connectivity index (χ1v) is 11.6. The van der Waals surface area contributed by atoms with Crippen molar-refractivity contribution in [2.75, 3.05) is 31.5 Å². The first-order valence-electron chi connectivity index (χ1n) is 11.6. The molecule has 3 amide bonds. The quantitative estimate of drug-likeness (QED) is 0.591. The minimum absolute atomic E-state index is 0.00306. The van der Waals surface area contributed by atoms with E-state index < -0.39 is 0 Å². The number of nitrogens with one attached hydrogen (secondary N) is 1. The second-order valence-corrected chi connectivity index (χ2v) is 8.22. The molecule has 0 bridgehead atoms. The van der Waals surface area contributed by atoms with Gasteiger partial charge in [-0.2, -0.15) is 0 Å². The number of benzene rings is 1. The molecule has 1 aromatic carbocycles. The van der Waals surface area contributed by atoms with Crippen LogP contribution >= 0.6 is 0 Å². The highest BCUT2D eigenvalue weighted by atomic mass is 16.5. The Morgan fingerprint density at radius 2 is 1.82 bits per heavy atom. The lowest BCUT2D eigenvalue weighted by atomic mass is 9.96. The molecule has 1 saturated heterocycles. The number of fused-ring (bicyclic) bond motifs is 1. The molecule has 0 atom stereocenters. The highest BCUT2D eigenvalue weighted by molar-refractivity contribution is 5.92. The highest BCUT2D eigenvalue weighted by Gasteiger charge is 2.28. The van der Waals surface area contributed by atoms with E-state index in [4.69, 9.17) is 4.74 Å². The fraction of sp³-hybridized carbons (Fsp3) is 0.400. The van der Waals surface area contributed by atoms with Crippen LogP contribution in [0.3, 0.4) is 0 Å². The number of anilines is 1. The number of amides is 3. The molecule has 0 radical (unpaired) electrons. The number of hydrogen-bond donors (Lipinski definition) is 1. The Labute approximate surface area is 194 Å². The first kappa shape index (κ1) is 22.6. The van der Waals surface area contributed by atoms with Gasteiger partial charge in [0.05, 0.1) is 5.69 Å². The molecule has 0 saturated carbocycles. The summed E-state index contributed by atoms with van der Waals surface area (Å²) >= 11 is 0. The predicted molar refractivity (Wildman–Crippen MR) is 127 cm³/mol. The molecule has 3 heterocycles. The van der Waals surface area contributed by atoms with Crippen molar-refractivity contribution in [3.8, 4) is 5.75 Å². The third-order valence-electron chi connectivity index (χ3n) is 6.09. The monoisotopic (exact) mass is 449 g/mol. The topological polar surface area (TPSA) is 79.2 Å². The van der Waals surface area contributed by atoms with E-state index in [9.17, 15) is 9.59 Å². The number of ether oxygens (including phenoxy) is 1. The van der Waals surface area contributed by atoms with Crippen LogP contribution in [-0.2, 0) is 11.4 Å². The molecule has 1 fully saturated rings. The van der Waals surface area contributed by atoms with E-state index in [1.165, 1.54) is 0 Å². The van der Waals surface area contributed by atoms with Crippen molar-refractivity contribution in [1.82, 2.24) is 19.2 Å². The average Bonchev–Trinajstić information content (AvgIpc) is 3.27. The second-order valence-electron chi connectivity index (χ2n) is 8.22. The van der Waals surface area contributed by atoms with Crippen LogP contribution in [0.25, 0.3) is 5.65 Å². The molecule has 4 rings (SSSR count). The van der Waals surface area contributed by atoms with Crippen molar-refractivity contribution in [1.29, 1.82) is 0 Å². The summed E-state index contributed by atoms with van der Waals surface area (Å²) in [6.45, 7) is 6.97. The highest BCUT2D eigenvalue weighted by Crippen LogP contribution is 2.22. The average molecular weight is 450 g/mol. The van der Waals surface area contributed by atoms with Crippen LogP contribution in [0.2, 0.25) is 0 Å². The number of likely N-dealkylation sites (tertiary alicyclic amines) is 1. The first-order chi connectivity index (χ1) is 16.1. The van der Waals surface area contributed by atoms with E-state index in [0.29, 0.717) is 51.4 Å². The maximum absolute atomic E-state index is 12.7. The molecule has 1 aliphatic rings. The molecule has 0 unspecified atom stereocenters. The summed E-state index contributed by atoms with van der Waals surface area (Å²) in [4.78, 5) is 33.4. The third-order valence-corrected chi connectivity index (χ3v) is 6.09. The molecule has 0 aliphatic carbocycles. The molecule has 1 aliphatic heterocycles. The van der Waals surface area contributed by atoms with Gasteiger partial charge in [0.15, 0.2) is 0 Å². The molecule has 8 heteroatoms. The normalized spacial score (nSPS) is 14.3. The Bertz CT molecular complexity index is 1050. The fourth-order valence-corrected chi connectivity index (χ4v) is 4.12. The Morgan fingerprint density at radius 3 is 2.48 bits per heavy atom.